The Morgan fingerprint density at radius 2 is 2.27 bits per heavy atom. The maximum absolute atomic E-state index is 12.4. The van der Waals surface area contributed by atoms with Crippen LogP contribution in [0.5, 0.6) is 0 Å². The van der Waals surface area contributed by atoms with Gasteiger partial charge >= 0.3 is 5.69 Å². The first-order valence-corrected chi connectivity index (χ1v) is 9.48. The molecule has 3 aromatic rings. The van der Waals surface area contributed by atoms with E-state index in [9.17, 15) is 9.59 Å². The Morgan fingerprint density at radius 3 is 3.08 bits per heavy atom. The third kappa shape index (κ3) is 3.32. The minimum absolute atomic E-state index is 0.0519. The lowest BCUT2D eigenvalue weighted by Crippen LogP contribution is -2.25. The molecule has 1 saturated heterocycles. The van der Waals surface area contributed by atoms with Crippen LogP contribution >= 0.6 is 11.8 Å². The molecule has 4 rings (SSSR count). The van der Waals surface area contributed by atoms with Gasteiger partial charge < -0.3 is 4.74 Å². The number of nitrogens with one attached hydrogen (secondary N) is 1. The smallest absolute Gasteiger partial charge is 0.344 e. The highest BCUT2D eigenvalue weighted by Gasteiger charge is 2.19. The third-order valence-electron chi connectivity index (χ3n) is 4.42. The second-order valence-corrected chi connectivity index (χ2v) is 7.23. The number of aromatic amines is 1. The molecule has 0 bridgehead atoms. The Morgan fingerprint density at radius 1 is 1.38 bits per heavy atom. The normalized spacial score (nSPS) is 17.2. The van der Waals surface area contributed by atoms with Gasteiger partial charge in [-0.25, -0.2) is 14.9 Å². The van der Waals surface area contributed by atoms with E-state index in [-0.39, 0.29) is 17.4 Å². The van der Waals surface area contributed by atoms with Crippen LogP contribution in [-0.4, -0.2) is 36.9 Å². The lowest BCUT2D eigenvalue weighted by molar-refractivity contribution is 0.0941. The van der Waals surface area contributed by atoms with Crippen LogP contribution in [0.15, 0.2) is 39.0 Å². The maximum atomic E-state index is 12.4. The first-order valence-electron chi connectivity index (χ1n) is 8.50. The van der Waals surface area contributed by atoms with Gasteiger partial charge in [-0.15, -0.1) is 5.10 Å². The molecule has 1 N–H and O–H groups in total. The number of ether oxygens (including phenoxy) is 1. The number of nitrogens with zero attached hydrogens (tertiary/aromatic N) is 4. The summed E-state index contributed by atoms with van der Waals surface area (Å²) in [5, 5.41) is 7.16. The molecule has 3 aromatic heterocycles. The Hall–Kier alpha value is -2.39. The van der Waals surface area contributed by atoms with Crippen LogP contribution in [0.25, 0.3) is 5.65 Å². The van der Waals surface area contributed by atoms with Crippen LogP contribution in [0.2, 0.25) is 0 Å². The number of aromatic nitrogens is 5. The zero-order valence-electron chi connectivity index (χ0n) is 14.3. The van der Waals surface area contributed by atoms with Crippen LogP contribution in [0.1, 0.15) is 24.2 Å². The van der Waals surface area contributed by atoms with Gasteiger partial charge in [0.1, 0.15) is 5.65 Å². The van der Waals surface area contributed by atoms with Crippen molar-refractivity contribution in [2.45, 2.75) is 43.3 Å². The number of rotatable bonds is 5. The third-order valence-corrected chi connectivity index (χ3v) is 5.43. The number of pyridine rings is 1. The van der Waals surface area contributed by atoms with E-state index in [2.05, 4.69) is 15.2 Å². The minimum atomic E-state index is -0.245. The monoisotopic (exact) mass is 373 g/mol. The molecule has 1 aliphatic rings. The highest BCUT2D eigenvalue weighted by atomic mass is 32.2. The van der Waals surface area contributed by atoms with E-state index in [0.29, 0.717) is 28.8 Å². The van der Waals surface area contributed by atoms with E-state index in [1.807, 2.05) is 25.1 Å². The van der Waals surface area contributed by atoms with E-state index in [1.54, 1.807) is 8.97 Å². The highest BCUT2D eigenvalue weighted by molar-refractivity contribution is 7.98. The summed E-state index contributed by atoms with van der Waals surface area (Å²) in [6.45, 7) is 3.10. The lowest BCUT2D eigenvalue weighted by atomic mass is 10.2. The fraction of sp³-hybridized carbons (Fsp3) is 0.412. The molecule has 136 valence electrons. The number of H-pyrrole nitrogens is 1. The van der Waals surface area contributed by atoms with Gasteiger partial charge in [-0.05, 0) is 31.9 Å². The average molecular weight is 373 g/mol. The zero-order valence-corrected chi connectivity index (χ0v) is 15.2. The van der Waals surface area contributed by atoms with Crippen LogP contribution in [0.4, 0.5) is 0 Å². The van der Waals surface area contributed by atoms with Gasteiger partial charge in [0.15, 0.2) is 5.16 Å². The van der Waals surface area contributed by atoms with Gasteiger partial charge in [0.25, 0.3) is 5.56 Å². The zero-order chi connectivity index (χ0) is 18.1. The molecule has 9 heteroatoms. The molecule has 0 aliphatic carbocycles. The van der Waals surface area contributed by atoms with Crippen LogP contribution in [0, 0.1) is 6.92 Å². The molecule has 0 saturated carbocycles. The van der Waals surface area contributed by atoms with Crippen molar-refractivity contribution in [3.63, 3.8) is 0 Å². The van der Waals surface area contributed by atoms with E-state index in [4.69, 9.17) is 4.74 Å². The fourth-order valence-corrected chi connectivity index (χ4v) is 3.99. The molecular formula is C17H19N5O3S. The van der Waals surface area contributed by atoms with Gasteiger partial charge in [-0.2, -0.15) is 0 Å². The van der Waals surface area contributed by atoms with Crippen molar-refractivity contribution >= 4 is 17.4 Å². The van der Waals surface area contributed by atoms with E-state index >= 15 is 0 Å². The van der Waals surface area contributed by atoms with Gasteiger partial charge in [-0.1, -0.05) is 17.8 Å². The Bertz CT molecular complexity index is 1050. The van der Waals surface area contributed by atoms with E-state index in [1.165, 1.54) is 17.8 Å². The van der Waals surface area contributed by atoms with Gasteiger partial charge in [0.05, 0.1) is 18.3 Å². The van der Waals surface area contributed by atoms with Crippen molar-refractivity contribution in [2.24, 2.45) is 0 Å². The summed E-state index contributed by atoms with van der Waals surface area (Å²) in [6, 6.07) is 7.09. The number of hydrogen-bond acceptors (Lipinski definition) is 6. The first-order chi connectivity index (χ1) is 12.6. The quantitative estimate of drug-likeness (QED) is 0.679. The largest absolute Gasteiger partial charge is 0.376 e. The van der Waals surface area contributed by atoms with Crippen LogP contribution in [0.3, 0.4) is 0 Å². The minimum Gasteiger partial charge on any atom is -0.376 e. The predicted octanol–water partition coefficient (Wildman–Crippen LogP) is 1.36. The molecule has 0 aromatic carbocycles. The number of fused-ring (bicyclic) bond motifs is 1. The van der Waals surface area contributed by atoms with Crippen molar-refractivity contribution in [3.05, 3.63) is 56.5 Å². The summed E-state index contributed by atoms with van der Waals surface area (Å²) >= 11 is 1.38. The SMILES string of the molecule is Cc1cccc2nc(CSc3n[nH]c(=O)n3C[C@@H]3CCCO3)cc(=O)n12. The second kappa shape index (κ2) is 7.08. The Labute approximate surface area is 153 Å². The average Bonchev–Trinajstić information content (AvgIpc) is 3.24. The van der Waals surface area contributed by atoms with Crippen molar-refractivity contribution in [3.8, 4) is 0 Å². The first kappa shape index (κ1) is 17.0. The van der Waals surface area contributed by atoms with Crippen molar-refractivity contribution in [2.75, 3.05) is 6.61 Å². The molecule has 1 atom stereocenters. The standard InChI is InChI=1S/C17H19N5O3S/c1-11-4-2-6-14-18-12(8-15(23)22(11)14)10-26-17-20-19-16(24)21(17)9-13-5-3-7-25-13/h2,4,6,8,13H,3,5,7,9-10H2,1H3,(H,19,24)/t13-/m0/s1. The maximum Gasteiger partial charge on any atom is 0.344 e. The van der Waals surface area contributed by atoms with Gasteiger partial charge in [0.2, 0.25) is 0 Å². The van der Waals surface area contributed by atoms with Crippen LogP contribution < -0.4 is 11.2 Å². The fourth-order valence-electron chi connectivity index (χ4n) is 3.14. The number of hydrogen-bond donors (Lipinski definition) is 1. The molecule has 1 aliphatic heterocycles. The summed E-state index contributed by atoms with van der Waals surface area (Å²) in [5.41, 5.74) is 1.76. The summed E-state index contributed by atoms with van der Waals surface area (Å²) in [5.74, 6) is 0.454. The number of aryl methyl sites for hydroxylation is 1. The van der Waals surface area contributed by atoms with Crippen LogP contribution in [-0.2, 0) is 17.0 Å². The Kier molecular flexibility index (Phi) is 4.64. The predicted molar refractivity (Wildman–Crippen MR) is 97.6 cm³/mol. The summed E-state index contributed by atoms with van der Waals surface area (Å²) in [4.78, 5) is 28.9. The van der Waals surface area contributed by atoms with Gasteiger partial charge in [-0.3, -0.25) is 13.8 Å². The molecule has 0 spiro atoms. The molecule has 26 heavy (non-hydrogen) atoms. The molecule has 0 radical (unpaired) electrons. The molecule has 0 amide bonds. The molecular weight excluding hydrogens is 354 g/mol. The Balaban J connectivity index is 1.55. The van der Waals surface area contributed by atoms with E-state index in [0.717, 1.165) is 25.1 Å². The summed E-state index contributed by atoms with van der Waals surface area (Å²) < 4.78 is 8.78. The van der Waals surface area contributed by atoms with Crippen molar-refractivity contribution in [1.29, 1.82) is 0 Å². The van der Waals surface area contributed by atoms with Gasteiger partial charge in [0, 0.05) is 24.1 Å². The highest BCUT2D eigenvalue weighted by Crippen LogP contribution is 2.21. The molecule has 1 fully saturated rings. The molecule has 8 nitrogen and oxygen atoms in total. The lowest BCUT2D eigenvalue weighted by Gasteiger charge is -2.11. The summed E-state index contributed by atoms with van der Waals surface area (Å²) in [6.07, 6.45) is 2.02. The van der Waals surface area contributed by atoms with Crippen molar-refractivity contribution < 1.29 is 4.74 Å². The second-order valence-electron chi connectivity index (χ2n) is 6.29. The summed E-state index contributed by atoms with van der Waals surface area (Å²) in [7, 11) is 0. The number of thioether (sulfide) groups is 1. The van der Waals surface area contributed by atoms with Crippen molar-refractivity contribution in [1.82, 2.24) is 24.1 Å². The topological polar surface area (TPSA) is 94.3 Å². The molecule has 0 unspecified atom stereocenters. The van der Waals surface area contributed by atoms with E-state index < -0.39 is 0 Å². The molecule has 4 heterocycles.